The summed E-state index contributed by atoms with van der Waals surface area (Å²) in [5.41, 5.74) is 3.18. The van der Waals surface area contributed by atoms with Gasteiger partial charge in [-0.1, -0.05) is 12.8 Å². The van der Waals surface area contributed by atoms with Gasteiger partial charge in [-0.2, -0.15) is 5.10 Å². The highest BCUT2D eigenvalue weighted by molar-refractivity contribution is 5.83. The van der Waals surface area contributed by atoms with E-state index in [0.717, 1.165) is 25.7 Å². The van der Waals surface area contributed by atoms with Crippen LogP contribution in [0.3, 0.4) is 0 Å². The molecule has 0 aliphatic heterocycles. The molecule has 0 heterocycles. The maximum atomic E-state index is 11.7. The average Bonchev–Trinajstić information content (AvgIpc) is 2.60. The molecule has 0 radical (unpaired) electrons. The summed E-state index contributed by atoms with van der Waals surface area (Å²) < 4.78 is 9.85. The highest BCUT2D eigenvalue weighted by atomic mass is 16.5. The molecule has 0 aromatic heterocycles. The van der Waals surface area contributed by atoms with E-state index in [0.29, 0.717) is 30.8 Å². The number of ether oxygens (including phenoxy) is 2. The summed E-state index contributed by atoms with van der Waals surface area (Å²) in [5.74, 6) is 0.0850. The van der Waals surface area contributed by atoms with Crippen molar-refractivity contribution >= 4 is 18.1 Å². The van der Waals surface area contributed by atoms with Crippen LogP contribution in [0.1, 0.15) is 51.0 Å². The van der Waals surface area contributed by atoms with E-state index in [4.69, 9.17) is 4.74 Å². The fourth-order valence-electron chi connectivity index (χ4n) is 2.13. The molecule has 0 saturated carbocycles. The number of amides is 1. The Bertz CT molecular complexity index is 587. The lowest BCUT2D eigenvalue weighted by Crippen LogP contribution is -2.16. The Morgan fingerprint density at radius 2 is 1.92 bits per heavy atom. The second kappa shape index (κ2) is 11.9. The third-order valence-electron chi connectivity index (χ3n) is 3.45. The van der Waals surface area contributed by atoms with Gasteiger partial charge in [-0.3, -0.25) is 9.59 Å². The lowest BCUT2D eigenvalue weighted by atomic mass is 10.1. The number of nitrogens with zero attached hydrogens (tertiary/aromatic N) is 1. The van der Waals surface area contributed by atoms with Gasteiger partial charge in [0.25, 0.3) is 0 Å². The van der Waals surface area contributed by atoms with Crippen molar-refractivity contribution in [2.75, 3.05) is 13.7 Å². The van der Waals surface area contributed by atoms with Gasteiger partial charge in [-0.25, -0.2) is 5.43 Å². The molecule has 0 saturated heterocycles. The van der Waals surface area contributed by atoms with E-state index in [-0.39, 0.29) is 17.6 Å². The van der Waals surface area contributed by atoms with Crippen molar-refractivity contribution < 1.29 is 24.2 Å². The fourth-order valence-corrected chi connectivity index (χ4v) is 2.13. The molecule has 0 aliphatic rings. The van der Waals surface area contributed by atoms with Crippen molar-refractivity contribution in [2.24, 2.45) is 5.10 Å². The van der Waals surface area contributed by atoms with Crippen LogP contribution in [-0.4, -0.2) is 36.9 Å². The van der Waals surface area contributed by atoms with Crippen molar-refractivity contribution in [2.45, 2.75) is 45.4 Å². The van der Waals surface area contributed by atoms with Crippen LogP contribution >= 0.6 is 0 Å². The molecule has 1 aromatic rings. The number of methoxy groups -OCH3 is 1. The van der Waals surface area contributed by atoms with Crippen molar-refractivity contribution in [1.29, 1.82) is 0 Å². The predicted octanol–water partition coefficient (Wildman–Crippen LogP) is 2.75. The molecule has 0 bridgehead atoms. The Kier molecular flexibility index (Phi) is 9.74. The van der Waals surface area contributed by atoms with Crippen LogP contribution < -0.4 is 10.2 Å². The zero-order valence-corrected chi connectivity index (χ0v) is 14.8. The third-order valence-corrected chi connectivity index (χ3v) is 3.45. The quantitative estimate of drug-likeness (QED) is 0.277. The van der Waals surface area contributed by atoms with Crippen LogP contribution in [0.25, 0.3) is 0 Å². The number of nitrogens with one attached hydrogen (secondary N) is 1. The number of phenolic OH excluding ortho intramolecular Hbond substituents is 1. The smallest absolute Gasteiger partial charge is 0.305 e. The molecule has 7 heteroatoms. The van der Waals surface area contributed by atoms with Gasteiger partial charge in [0.1, 0.15) is 0 Å². The van der Waals surface area contributed by atoms with Crippen molar-refractivity contribution in [3.8, 4) is 11.5 Å². The first-order chi connectivity index (χ1) is 12.1. The summed E-state index contributed by atoms with van der Waals surface area (Å²) in [6.07, 6.45) is 5.59. The monoisotopic (exact) mass is 350 g/mol. The number of unbranched alkanes of at least 4 members (excludes halogenated alkanes) is 3. The highest BCUT2D eigenvalue weighted by Gasteiger charge is 2.03. The summed E-state index contributed by atoms with van der Waals surface area (Å²) in [7, 11) is 1.38. The minimum absolute atomic E-state index is 0.0650. The standard InChI is InChI=1S/C18H26N2O5/c1-3-25-16-12-14(10-11-15(16)21)13-19-20-17(22)8-6-4-5-7-9-18(23)24-2/h10-13,21H,3-9H2,1-2H3,(H,20,22)/b19-13+. The van der Waals surface area contributed by atoms with Crippen molar-refractivity contribution in [1.82, 2.24) is 5.43 Å². The first-order valence-electron chi connectivity index (χ1n) is 8.41. The average molecular weight is 350 g/mol. The largest absolute Gasteiger partial charge is 0.504 e. The van der Waals surface area contributed by atoms with Gasteiger partial charge in [0.2, 0.25) is 5.91 Å². The lowest BCUT2D eigenvalue weighted by Gasteiger charge is -2.06. The molecular weight excluding hydrogens is 324 g/mol. The van der Waals surface area contributed by atoms with E-state index in [1.165, 1.54) is 19.4 Å². The number of carbonyl (C=O) groups excluding carboxylic acids is 2. The van der Waals surface area contributed by atoms with Crippen LogP contribution in [0, 0.1) is 0 Å². The fraction of sp³-hybridized carbons (Fsp3) is 0.500. The van der Waals surface area contributed by atoms with Crippen LogP contribution in [0.5, 0.6) is 11.5 Å². The molecule has 0 spiro atoms. The Morgan fingerprint density at radius 3 is 2.60 bits per heavy atom. The van der Waals surface area contributed by atoms with Crippen LogP contribution in [0.2, 0.25) is 0 Å². The Balaban J connectivity index is 2.24. The maximum absolute atomic E-state index is 11.7. The molecule has 0 aliphatic carbocycles. The topological polar surface area (TPSA) is 97.2 Å². The molecule has 7 nitrogen and oxygen atoms in total. The number of aromatic hydroxyl groups is 1. The zero-order chi connectivity index (χ0) is 18.5. The second-order valence-corrected chi connectivity index (χ2v) is 5.44. The van der Waals surface area contributed by atoms with Gasteiger partial charge >= 0.3 is 5.97 Å². The van der Waals surface area contributed by atoms with Crippen LogP contribution in [0.4, 0.5) is 0 Å². The minimum atomic E-state index is -0.200. The first-order valence-corrected chi connectivity index (χ1v) is 8.41. The van der Waals surface area contributed by atoms with E-state index in [2.05, 4.69) is 15.3 Å². The zero-order valence-electron chi connectivity index (χ0n) is 14.8. The number of hydrazone groups is 1. The second-order valence-electron chi connectivity index (χ2n) is 5.44. The van der Waals surface area contributed by atoms with Gasteiger partial charge in [0.05, 0.1) is 19.9 Å². The molecule has 2 N–H and O–H groups in total. The minimum Gasteiger partial charge on any atom is -0.504 e. The van der Waals surface area contributed by atoms with Gasteiger partial charge in [-0.05, 0) is 43.5 Å². The van der Waals surface area contributed by atoms with Crippen molar-refractivity contribution in [3.63, 3.8) is 0 Å². The Hall–Kier alpha value is -2.57. The molecule has 0 fully saturated rings. The lowest BCUT2D eigenvalue weighted by molar-refractivity contribution is -0.140. The van der Waals surface area contributed by atoms with Gasteiger partial charge in [0.15, 0.2) is 11.5 Å². The van der Waals surface area contributed by atoms with E-state index in [9.17, 15) is 14.7 Å². The summed E-state index contributed by atoms with van der Waals surface area (Å²) in [6.45, 7) is 2.28. The van der Waals surface area contributed by atoms with E-state index in [1.54, 1.807) is 12.1 Å². The molecule has 0 unspecified atom stereocenters. The molecule has 138 valence electrons. The summed E-state index contributed by atoms with van der Waals surface area (Å²) in [6, 6.07) is 4.84. The third kappa shape index (κ3) is 8.74. The summed E-state index contributed by atoms with van der Waals surface area (Å²) in [5, 5.41) is 13.5. The Morgan fingerprint density at radius 1 is 1.20 bits per heavy atom. The highest BCUT2D eigenvalue weighted by Crippen LogP contribution is 2.26. The van der Waals surface area contributed by atoms with Crippen LogP contribution in [0.15, 0.2) is 23.3 Å². The summed E-state index contributed by atoms with van der Waals surface area (Å²) >= 11 is 0. The number of rotatable bonds is 11. The molecule has 0 atom stereocenters. The molecule has 1 amide bonds. The van der Waals surface area contributed by atoms with Crippen LogP contribution in [-0.2, 0) is 14.3 Å². The number of benzene rings is 1. The number of esters is 1. The molecule has 1 rings (SSSR count). The van der Waals surface area contributed by atoms with E-state index < -0.39 is 0 Å². The van der Waals surface area contributed by atoms with E-state index >= 15 is 0 Å². The maximum Gasteiger partial charge on any atom is 0.305 e. The number of hydrogen-bond acceptors (Lipinski definition) is 6. The molecular formula is C18H26N2O5. The molecule has 1 aromatic carbocycles. The first kappa shape index (κ1) is 20.5. The van der Waals surface area contributed by atoms with Gasteiger partial charge < -0.3 is 14.6 Å². The number of hydrogen-bond donors (Lipinski definition) is 2. The number of phenols is 1. The number of carbonyl (C=O) groups is 2. The predicted molar refractivity (Wildman–Crippen MR) is 94.7 cm³/mol. The molecule has 25 heavy (non-hydrogen) atoms. The normalized spacial score (nSPS) is 10.6. The summed E-state index contributed by atoms with van der Waals surface area (Å²) in [4.78, 5) is 22.6. The Labute approximate surface area is 148 Å². The SMILES string of the molecule is CCOc1cc(/C=N/NC(=O)CCCCCCC(=O)OC)ccc1O. The van der Waals surface area contributed by atoms with Gasteiger partial charge in [0, 0.05) is 12.8 Å². The van der Waals surface area contributed by atoms with Gasteiger partial charge in [-0.15, -0.1) is 0 Å². The van der Waals surface area contributed by atoms with Crippen molar-refractivity contribution in [3.05, 3.63) is 23.8 Å². The van der Waals surface area contributed by atoms with E-state index in [1.807, 2.05) is 6.92 Å².